The number of benzene rings is 1. The molecule has 0 spiro atoms. The first-order valence-electron chi connectivity index (χ1n) is 7.41. The fourth-order valence-electron chi connectivity index (χ4n) is 3.07. The normalized spacial score (nSPS) is 20.1. The fourth-order valence-corrected chi connectivity index (χ4v) is 3.07. The molecule has 2 aromatic rings. The molecule has 0 aliphatic carbocycles. The molecular weight excluding hydrogens is 250 g/mol. The maximum Gasteiger partial charge on any atom is 0.121 e. The van der Waals surface area contributed by atoms with Crippen molar-refractivity contribution in [3.63, 3.8) is 0 Å². The van der Waals surface area contributed by atoms with Crippen molar-refractivity contribution in [2.75, 3.05) is 26.7 Å². The van der Waals surface area contributed by atoms with E-state index in [2.05, 4.69) is 23.7 Å². The van der Waals surface area contributed by atoms with Crippen LogP contribution in [0.25, 0.3) is 11.0 Å². The molecule has 1 N–H and O–H groups in total. The Morgan fingerprint density at radius 2 is 2.30 bits per heavy atom. The average Bonchev–Trinajstić information content (AvgIpc) is 3.02. The SMILES string of the molecule is COc1ccc2nc(C3CCN(CC(C)C)C3)[nH]c2c1. The van der Waals surface area contributed by atoms with E-state index in [1.165, 1.54) is 19.5 Å². The van der Waals surface area contributed by atoms with Gasteiger partial charge in [-0.3, -0.25) is 0 Å². The zero-order chi connectivity index (χ0) is 14.1. The van der Waals surface area contributed by atoms with E-state index in [1.807, 2.05) is 18.2 Å². The molecule has 1 aromatic carbocycles. The molecule has 3 rings (SSSR count). The molecule has 4 heteroatoms. The highest BCUT2D eigenvalue weighted by Crippen LogP contribution is 2.28. The van der Waals surface area contributed by atoms with Gasteiger partial charge in [-0.15, -0.1) is 0 Å². The summed E-state index contributed by atoms with van der Waals surface area (Å²) in [4.78, 5) is 10.8. The van der Waals surface area contributed by atoms with Crippen molar-refractivity contribution in [3.05, 3.63) is 24.0 Å². The smallest absolute Gasteiger partial charge is 0.121 e. The Morgan fingerprint density at radius 3 is 3.05 bits per heavy atom. The maximum absolute atomic E-state index is 5.26. The number of rotatable bonds is 4. The number of fused-ring (bicyclic) bond motifs is 1. The number of aromatic nitrogens is 2. The molecule has 4 nitrogen and oxygen atoms in total. The van der Waals surface area contributed by atoms with Crippen molar-refractivity contribution >= 4 is 11.0 Å². The summed E-state index contributed by atoms with van der Waals surface area (Å²) in [5, 5.41) is 0. The first-order valence-corrected chi connectivity index (χ1v) is 7.41. The first-order chi connectivity index (χ1) is 9.65. The van der Waals surface area contributed by atoms with Gasteiger partial charge in [-0.2, -0.15) is 0 Å². The van der Waals surface area contributed by atoms with Crippen LogP contribution in [0, 0.1) is 5.92 Å². The lowest BCUT2D eigenvalue weighted by Crippen LogP contribution is -2.25. The largest absolute Gasteiger partial charge is 0.497 e. The minimum Gasteiger partial charge on any atom is -0.497 e. The third kappa shape index (κ3) is 2.66. The number of nitrogens with zero attached hydrogens (tertiary/aromatic N) is 2. The highest BCUT2D eigenvalue weighted by molar-refractivity contribution is 5.76. The van der Waals surface area contributed by atoms with E-state index < -0.39 is 0 Å². The van der Waals surface area contributed by atoms with Gasteiger partial charge in [0.2, 0.25) is 0 Å². The van der Waals surface area contributed by atoms with Gasteiger partial charge in [-0.1, -0.05) is 13.8 Å². The molecule has 0 bridgehead atoms. The Bertz CT molecular complexity index is 590. The summed E-state index contributed by atoms with van der Waals surface area (Å²) in [7, 11) is 1.69. The molecule has 1 aliphatic heterocycles. The quantitative estimate of drug-likeness (QED) is 0.931. The van der Waals surface area contributed by atoms with Gasteiger partial charge in [-0.25, -0.2) is 4.98 Å². The Kier molecular flexibility index (Phi) is 3.66. The summed E-state index contributed by atoms with van der Waals surface area (Å²) in [6, 6.07) is 6.01. The Morgan fingerprint density at radius 1 is 1.45 bits per heavy atom. The summed E-state index contributed by atoms with van der Waals surface area (Å²) in [5.74, 6) is 3.26. The van der Waals surface area contributed by atoms with E-state index >= 15 is 0 Å². The molecule has 1 unspecified atom stereocenters. The van der Waals surface area contributed by atoms with Crippen molar-refractivity contribution in [2.24, 2.45) is 5.92 Å². The Hall–Kier alpha value is -1.55. The minimum atomic E-state index is 0.534. The number of ether oxygens (including phenoxy) is 1. The van der Waals surface area contributed by atoms with Crippen LogP contribution in [0.3, 0.4) is 0 Å². The number of likely N-dealkylation sites (tertiary alicyclic amines) is 1. The predicted molar refractivity (Wildman–Crippen MR) is 81.3 cm³/mol. The van der Waals surface area contributed by atoms with Gasteiger partial charge in [0.05, 0.1) is 18.1 Å². The molecule has 0 radical (unpaired) electrons. The molecule has 0 saturated carbocycles. The van der Waals surface area contributed by atoms with Gasteiger partial charge in [0.25, 0.3) is 0 Å². The van der Waals surface area contributed by atoms with E-state index in [9.17, 15) is 0 Å². The highest BCUT2D eigenvalue weighted by Gasteiger charge is 2.26. The second-order valence-electron chi connectivity index (χ2n) is 6.14. The summed E-state index contributed by atoms with van der Waals surface area (Å²) >= 11 is 0. The number of imidazole rings is 1. The van der Waals surface area contributed by atoms with Gasteiger partial charge < -0.3 is 14.6 Å². The van der Waals surface area contributed by atoms with E-state index in [0.717, 1.165) is 35.1 Å². The van der Waals surface area contributed by atoms with Crippen LogP contribution in [0.2, 0.25) is 0 Å². The zero-order valence-electron chi connectivity index (χ0n) is 12.5. The lowest BCUT2D eigenvalue weighted by molar-refractivity contribution is 0.294. The highest BCUT2D eigenvalue weighted by atomic mass is 16.5. The van der Waals surface area contributed by atoms with Crippen LogP contribution in [0.5, 0.6) is 5.75 Å². The molecule has 20 heavy (non-hydrogen) atoms. The first kappa shape index (κ1) is 13.4. The minimum absolute atomic E-state index is 0.534. The topological polar surface area (TPSA) is 41.1 Å². The number of aromatic amines is 1. The number of methoxy groups -OCH3 is 1. The number of hydrogen-bond acceptors (Lipinski definition) is 3. The lowest BCUT2D eigenvalue weighted by atomic mass is 10.1. The van der Waals surface area contributed by atoms with E-state index in [1.54, 1.807) is 7.11 Å². The standard InChI is InChI=1S/C16H23N3O/c1-11(2)9-19-7-6-12(10-19)16-17-14-5-4-13(20-3)8-15(14)18-16/h4-5,8,11-12H,6-7,9-10H2,1-3H3,(H,17,18). The third-order valence-electron chi connectivity index (χ3n) is 3.99. The molecule has 1 fully saturated rings. The van der Waals surface area contributed by atoms with Crippen molar-refractivity contribution in [2.45, 2.75) is 26.2 Å². The van der Waals surface area contributed by atoms with Crippen molar-refractivity contribution in [3.8, 4) is 5.75 Å². The fraction of sp³-hybridized carbons (Fsp3) is 0.562. The molecule has 108 valence electrons. The van der Waals surface area contributed by atoms with Crippen LogP contribution in [0.1, 0.15) is 32.0 Å². The number of nitrogens with one attached hydrogen (secondary N) is 1. The summed E-state index contributed by atoms with van der Waals surface area (Å²) in [5.41, 5.74) is 2.10. The van der Waals surface area contributed by atoms with Crippen molar-refractivity contribution in [1.29, 1.82) is 0 Å². The molecule has 1 aliphatic rings. The van der Waals surface area contributed by atoms with Gasteiger partial charge in [-0.05, 0) is 31.0 Å². The Labute approximate surface area is 120 Å². The van der Waals surface area contributed by atoms with Crippen LogP contribution >= 0.6 is 0 Å². The zero-order valence-corrected chi connectivity index (χ0v) is 12.5. The van der Waals surface area contributed by atoms with E-state index in [-0.39, 0.29) is 0 Å². The van der Waals surface area contributed by atoms with E-state index in [0.29, 0.717) is 5.92 Å². The number of hydrogen-bond donors (Lipinski definition) is 1. The molecule has 2 heterocycles. The average molecular weight is 273 g/mol. The molecular formula is C16H23N3O. The second kappa shape index (κ2) is 5.44. The summed E-state index contributed by atoms with van der Waals surface area (Å²) in [6.45, 7) is 8.05. The van der Waals surface area contributed by atoms with E-state index in [4.69, 9.17) is 9.72 Å². The predicted octanol–water partition coefficient (Wildman–Crippen LogP) is 3.02. The van der Waals surface area contributed by atoms with Gasteiger partial charge in [0.1, 0.15) is 11.6 Å². The second-order valence-corrected chi connectivity index (χ2v) is 6.14. The van der Waals surface area contributed by atoms with Gasteiger partial charge in [0, 0.05) is 25.1 Å². The monoisotopic (exact) mass is 273 g/mol. The molecule has 0 amide bonds. The van der Waals surface area contributed by atoms with Gasteiger partial charge in [0.15, 0.2) is 0 Å². The van der Waals surface area contributed by atoms with Crippen LogP contribution in [-0.2, 0) is 0 Å². The van der Waals surface area contributed by atoms with Crippen LogP contribution in [0.4, 0.5) is 0 Å². The lowest BCUT2D eigenvalue weighted by Gasteiger charge is -2.17. The van der Waals surface area contributed by atoms with Crippen LogP contribution in [0.15, 0.2) is 18.2 Å². The summed E-state index contributed by atoms with van der Waals surface area (Å²) < 4.78 is 5.26. The van der Waals surface area contributed by atoms with Crippen LogP contribution in [-0.4, -0.2) is 41.6 Å². The number of H-pyrrole nitrogens is 1. The van der Waals surface area contributed by atoms with Crippen LogP contribution < -0.4 is 4.74 Å². The van der Waals surface area contributed by atoms with Gasteiger partial charge >= 0.3 is 0 Å². The summed E-state index contributed by atoms with van der Waals surface area (Å²) in [6.07, 6.45) is 1.20. The van der Waals surface area contributed by atoms with Crippen molar-refractivity contribution in [1.82, 2.24) is 14.9 Å². The van der Waals surface area contributed by atoms with Crippen molar-refractivity contribution < 1.29 is 4.74 Å². The molecule has 1 saturated heterocycles. The Balaban J connectivity index is 1.77. The maximum atomic E-state index is 5.26. The molecule has 1 atom stereocenters. The molecule has 1 aromatic heterocycles. The third-order valence-corrected chi connectivity index (χ3v) is 3.99.